The first-order valence-electron chi connectivity index (χ1n) is 5.11. The summed E-state index contributed by atoms with van der Waals surface area (Å²) in [6, 6.07) is 2.45. The van der Waals surface area contributed by atoms with Gasteiger partial charge in [0.25, 0.3) is 0 Å². The van der Waals surface area contributed by atoms with Crippen LogP contribution >= 0.6 is 0 Å². The maximum atomic E-state index is 13.6. The van der Waals surface area contributed by atoms with Gasteiger partial charge in [-0.05, 0) is 31.6 Å². The second kappa shape index (κ2) is 5.46. The lowest BCUT2D eigenvalue weighted by Crippen LogP contribution is -2.12. The van der Waals surface area contributed by atoms with Crippen molar-refractivity contribution >= 4 is 9.84 Å². The molecule has 0 amide bonds. The molecule has 0 saturated carbocycles. The third kappa shape index (κ3) is 3.41. The Hall–Kier alpha value is -1.14. The predicted molar refractivity (Wildman–Crippen MR) is 63.7 cm³/mol. The highest BCUT2D eigenvalue weighted by molar-refractivity contribution is 7.90. The van der Waals surface area contributed by atoms with Crippen LogP contribution in [0.15, 0.2) is 17.0 Å². The molecular weight excluding hydrogens is 245 g/mol. The molecule has 0 aliphatic carbocycles. The number of sulfone groups is 1. The summed E-state index contributed by atoms with van der Waals surface area (Å²) in [6.45, 7) is 0.661. The molecule has 1 aromatic rings. The molecule has 0 radical (unpaired) electrons. The fraction of sp³-hybridized carbons (Fsp3) is 0.455. The fourth-order valence-corrected chi connectivity index (χ4v) is 2.24. The van der Waals surface area contributed by atoms with E-state index in [4.69, 9.17) is 4.74 Å². The van der Waals surface area contributed by atoms with Gasteiger partial charge in [0, 0.05) is 12.3 Å². The quantitative estimate of drug-likeness (QED) is 0.859. The monoisotopic (exact) mass is 261 g/mol. The van der Waals surface area contributed by atoms with Crippen molar-refractivity contribution in [1.29, 1.82) is 0 Å². The van der Waals surface area contributed by atoms with Crippen LogP contribution in [0.3, 0.4) is 0 Å². The molecule has 1 aromatic carbocycles. The number of benzene rings is 1. The summed E-state index contributed by atoms with van der Waals surface area (Å²) in [7, 11) is -0.356. The van der Waals surface area contributed by atoms with E-state index in [1.165, 1.54) is 19.2 Å². The van der Waals surface area contributed by atoms with Crippen LogP contribution < -0.4 is 10.1 Å². The average molecular weight is 261 g/mol. The second-order valence-corrected chi connectivity index (χ2v) is 5.70. The Morgan fingerprint density at radius 3 is 2.53 bits per heavy atom. The first-order valence-corrected chi connectivity index (χ1v) is 7.00. The van der Waals surface area contributed by atoms with E-state index < -0.39 is 15.7 Å². The van der Waals surface area contributed by atoms with Crippen molar-refractivity contribution in [2.45, 2.75) is 11.3 Å². The molecule has 6 heteroatoms. The molecule has 0 fully saturated rings. The van der Waals surface area contributed by atoms with Crippen molar-refractivity contribution in [2.24, 2.45) is 0 Å². The van der Waals surface area contributed by atoms with Gasteiger partial charge in [-0.2, -0.15) is 0 Å². The summed E-state index contributed by atoms with van der Waals surface area (Å²) >= 11 is 0. The predicted octanol–water partition coefficient (Wildman–Crippen LogP) is 1.000. The van der Waals surface area contributed by atoms with E-state index in [2.05, 4.69) is 5.32 Å². The van der Waals surface area contributed by atoms with Gasteiger partial charge < -0.3 is 10.1 Å². The van der Waals surface area contributed by atoms with Crippen LogP contribution in [0, 0.1) is 5.82 Å². The van der Waals surface area contributed by atoms with E-state index >= 15 is 0 Å². The topological polar surface area (TPSA) is 55.4 Å². The number of methoxy groups -OCH3 is 1. The van der Waals surface area contributed by atoms with Gasteiger partial charge in [0.2, 0.25) is 0 Å². The zero-order chi connectivity index (χ0) is 13.1. The molecule has 0 atom stereocenters. The highest BCUT2D eigenvalue weighted by atomic mass is 32.2. The van der Waals surface area contributed by atoms with Crippen LogP contribution in [0.5, 0.6) is 5.75 Å². The molecule has 0 heterocycles. The van der Waals surface area contributed by atoms with Gasteiger partial charge in [-0.1, -0.05) is 0 Å². The van der Waals surface area contributed by atoms with E-state index in [-0.39, 0.29) is 4.90 Å². The Bertz CT molecular complexity index is 500. The van der Waals surface area contributed by atoms with Gasteiger partial charge in [0.05, 0.1) is 7.11 Å². The SMILES string of the molecule is CNCCc1cc(F)c(S(C)(=O)=O)cc1OC. The lowest BCUT2D eigenvalue weighted by Gasteiger charge is -2.11. The average Bonchev–Trinajstić information content (AvgIpc) is 2.24. The molecule has 96 valence electrons. The van der Waals surface area contributed by atoms with Gasteiger partial charge in [-0.15, -0.1) is 0 Å². The van der Waals surface area contributed by atoms with Crippen LogP contribution in [0.2, 0.25) is 0 Å². The van der Waals surface area contributed by atoms with Gasteiger partial charge in [-0.25, -0.2) is 12.8 Å². The fourth-order valence-electron chi connectivity index (χ4n) is 1.51. The van der Waals surface area contributed by atoms with Crippen LogP contribution in [0.4, 0.5) is 4.39 Å². The molecule has 0 aliphatic heterocycles. The van der Waals surface area contributed by atoms with E-state index in [0.717, 1.165) is 6.26 Å². The highest BCUT2D eigenvalue weighted by Crippen LogP contribution is 2.26. The molecule has 0 bridgehead atoms. The summed E-state index contributed by atoms with van der Waals surface area (Å²) in [6.07, 6.45) is 1.54. The Kier molecular flexibility index (Phi) is 4.47. The van der Waals surface area contributed by atoms with E-state index in [1.807, 2.05) is 0 Å². The summed E-state index contributed by atoms with van der Waals surface area (Å²) in [5, 5.41) is 2.94. The zero-order valence-corrected chi connectivity index (χ0v) is 10.9. The number of rotatable bonds is 5. The van der Waals surface area contributed by atoms with E-state index in [0.29, 0.717) is 24.3 Å². The minimum Gasteiger partial charge on any atom is -0.496 e. The lowest BCUT2D eigenvalue weighted by molar-refractivity contribution is 0.405. The molecule has 0 aliphatic rings. The standard InChI is InChI=1S/C11H16FNO3S/c1-13-5-4-8-6-9(12)11(17(3,14)15)7-10(8)16-2/h6-7,13H,4-5H2,1-3H3. The summed E-state index contributed by atoms with van der Waals surface area (Å²) in [5.74, 6) is -0.346. The summed E-state index contributed by atoms with van der Waals surface area (Å²) in [5.41, 5.74) is 0.645. The maximum absolute atomic E-state index is 13.6. The molecule has 17 heavy (non-hydrogen) atoms. The molecule has 0 spiro atoms. The minimum absolute atomic E-state index is 0.331. The second-order valence-electron chi connectivity index (χ2n) is 3.72. The van der Waals surface area contributed by atoms with E-state index in [9.17, 15) is 12.8 Å². The molecule has 0 saturated heterocycles. The molecule has 1 N–H and O–H groups in total. The van der Waals surface area contributed by atoms with Crippen LogP contribution in [-0.2, 0) is 16.3 Å². The number of likely N-dealkylation sites (N-methyl/N-ethyl adjacent to an activating group) is 1. The molecule has 4 nitrogen and oxygen atoms in total. The smallest absolute Gasteiger partial charge is 0.178 e. The van der Waals surface area contributed by atoms with Gasteiger partial charge >= 0.3 is 0 Å². The third-order valence-electron chi connectivity index (χ3n) is 2.38. The normalized spacial score (nSPS) is 11.5. The number of nitrogens with one attached hydrogen (secondary N) is 1. The van der Waals surface area contributed by atoms with Gasteiger partial charge in [-0.3, -0.25) is 0 Å². The molecule has 0 unspecified atom stereocenters. The minimum atomic E-state index is -3.57. The molecule has 0 aromatic heterocycles. The summed E-state index contributed by atoms with van der Waals surface area (Å²) < 4.78 is 41.4. The van der Waals surface area contributed by atoms with Crippen molar-refractivity contribution in [2.75, 3.05) is 27.0 Å². The Morgan fingerprint density at radius 1 is 1.41 bits per heavy atom. The third-order valence-corrected chi connectivity index (χ3v) is 3.49. The van der Waals surface area contributed by atoms with Gasteiger partial charge in [0.1, 0.15) is 16.5 Å². The number of halogens is 1. The van der Waals surface area contributed by atoms with Crippen LogP contribution in [0.25, 0.3) is 0 Å². The highest BCUT2D eigenvalue weighted by Gasteiger charge is 2.17. The Morgan fingerprint density at radius 2 is 2.06 bits per heavy atom. The largest absolute Gasteiger partial charge is 0.496 e. The number of ether oxygens (including phenoxy) is 1. The van der Waals surface area contributed by atoms with Crippen molar-refractivity contribution in [1.82, 2.24) is 5.32 Å². The summed E-state index contributed by atoms with van der Waals surface area (Å²) in [4.78, 5) is -0.331. The van der Waals surface area contributed by atoms with Crippen LogP contribution in [0.1, 0.15) is 5.56 Å². The Labute approximate surface area is 101 Å². The van der Waals surface area contributed by atoms with Crippen molar-refractivity contribution in [3.63, 3.8) is 0 Å². The lowest BCUT2D eigenvalue weighted by atomic mass is 10.1. The van der Waals surface area contributed by atoms with Gasteiger partial charge in [0.15, 0.2) is 9.84 Å². The van der Waals surface area contributed by atoms with Crippen LogP contribution in [-0.4, -0.2) is 35.4 Å². The number of hydrogen-bond acceptors (Lipinski definition) is 4. The van der Waals surface area contributed by atoms with Crippen molar-refractivity contribution in [3.8, 4) is 5.75 Å². The first kappa shape index (κ1) is 13.9. The number of hydrogen-bond donors (Lipinski definition) is 1. The molecular formula is C11H16FNO3S. The van der Waals surface area contributed by atoms with Crippen molar-refractivity contribution in [3.05, 3.63) is 23.5 Å². The van der Waals surface area contributed by atoms with E-state index in [1.54, 1.807) is 7.05 Å². The zero-order valence-electron chi connectivity index (χ0n) is 10.1. The molecule has 1 rings (SSSR count). The van der Waals surface area contributed by atoms with Crippen molar-refractivity contribution < 1.29 is 17.5 Å². The maximum Gasteiger partial charge on any atom is 0.178 e. The first-order chi connectivity index (χ1) is 7.90. The Balaban J connectivity index is 3.25.